The Kier molecular flexibility index (Phi) is 3.17. The molecule has 0 aliphatic heterocycles. The third-order valence-corrected chi connectivity index (χ3v) is 1.60. The monoisotopic (exact) mass is 193 g/mol. The fourth-order valence-corrected chi connectivity index (χ4v) is 0.857. The minimum Gasteiger partial charge on any atom is -0.382 e. The third kappa shape index (κ3) is 3.51. The van der Waals surface area contributed by atoms with Crippen LogP contribution in [0.4, 0.5) is 5.69 Å². The number of anilines is 1. The van der Waals surface area contributed by atoms with Gasteiger partial charge in [-0.05, 0) is 5.41 Å². The molecule has 1 heterocycles. The van der Waals surface area contributed by atoms with Gasteiger partial charge in [0.25, 0.3) is 0 Å². The van der Waals surface area contributed by atoms with Crippen molar-refractivity contribution in [1.82, 2.24) is 9.97 Å². The van der Waals surface area contributed by atoms with E-state index < -0.39 is 0 Å². The lowest BCUT2D eigenvalue weighted by atomic mass is 9.97. The molecular weight excluding hydrogens is 178 g/mol. The lowest BCUT2D eigenvalue weighted by Gasteiger charge is -2.19. The molecule has 0 radical (unpaired) electrons. The van der Waals surface area contributed by atoms with Gasteiger partial charge in [-0.2, -0.15) is 0 Å². The van der Waals surface area contributed by atoms with Gasteiger partial charge in [-0.3, -0.25) is 4.79 Å². The van der Waals surface area contributed by atoms with Gasteiger partial charge in [-0.1, -0.05) is 20.8 Å². The Bertz CT molecular complexity index is 300. The van der Waals surface area contributed by atoms with Gasteiger partial charge in [0.15, 0.2) is 12.1 Å². The van der Waals surface area contributed by atoms with Crippen molar-refractivity contribution < 1.29 is 4.79 Å². The van der Waals surface area contributed by atoms with Crippen LogP contribution in [0.3, 0.4) is 0 Å². The van der Waals surface area contributed by atoms with Gasteiger partial charge in [0.05, 0.1) is 18.1 Å². The van der Waals surface area contributed by atoms with E-state index in [9.17, 15) is 4.79 Å². The Balaban J connectivity index is 2.56. The topological polar surface area (TPSA) is 54.9 Å². The van der Waals surface area contributed by atoms with Crippen molar-refractivity contribution in [3.05, 3.63) is 18.2 Å². The highest BCUT2D eigenvalue weighted by atomic mass is 16.1. The van der Waals surface area contributed by atoms with Gasteiger partial charge >= 0.3 is 0 Å². The van der Waals surface area contributed by atoms with Crippen molar-refractivity contribution in [2.75, 3.05) is 11.9 Å². The number of carbonyl (C=O) groups excluding carboxylic acids is 1. The summed E-state index contributed by atoms with van der Waals surface area (Å²) in [5.74, 6) is 0.214. The maximum absolute atomic E-state index is 10.3. The molecule has 0 unspecified atom stereocenters. The van der Waals surface area contributed by atoms with Crippen molar-refractivity contribution in [2.45, 2.75) is 20.8 Å². The van der Waals surface area contributed by atoms with Gasteiger partial charge in [0.1, 0.15) is 0 Å². The molecule has 0 amide bonds. The molecule has 1 rings (SSSR count). The van der Waals surface area contributed by atoms with Crippen LogP contribution in [0, 0.1) is 5.41 Å². The highest BCUT2D eigenvalue weighted by Gasteiger charge is 2.09. The van der Waals surface area contributed by atoms with E-state index in [-0.39, 0.29) is 11.2 Å². The maximum atomic E-state index is 10.3. The van der Waals surface area contributed by atoms with Crippen LogP contribution in [0.25, 0.3) is 0 Å². The van der Waals surface area contributed by atoms with Gasteiger partial charge in [0.2, 0.25) is 0 Å². The lowest BCUT2D eigenvalue weighted by Crippen LogP contribution is -2.19. The van der Waals surface area contributed by atoms with Crippen molar-refractivity contribution >= 4 is 12.0 Å². The zero-order valence-corrected chi connectivity index (χ0v) is 8.74. The minimum absolute atomic E-state index is 0.212. The standard InChI is InChI=1S/C10H15N3O/c1-10(2,3)7-13-8-4-11-9(6-14)12-5-8/h4-6,13H,7H2,1-3H3. The van der Waals surface area contributed by atoms with Gasteiger partial charge < -0.3 is 5.32 Å². The van der Waals surface area contributed by atoms with Crippen LogP contribution in [-0.4, -0.2) is 22.8 Å². The van der Waals surface area contributed by atoms with E-state index in [0.29, 0.717) is 6.29 Å². The number of carbonyl (C=O) groups is 1. The highest BCUT2D eigenvalue weighted by Crippen LogP contribution is 2.14. The first-order valence-electron chi connectivity index (χ1n) is 4.52. The number of aromatic nitrogens is 2. The van der Waals surface area contributed by atoms with Crippen molar-refractivity contribution in [3.8, 4) is 0 Å². The van der Waals surface area contributed by atoms with E-state index in [1.54, 1.807) is 12.4 Å². The van der Waals surface area contributed by atoms with Crippen LogP contribution in [0.15, 0.2) is 12.4 Å². The molecule has 1 aromatic heterocycles. The van der Waals surface area contributed by atoms with Crippen molar-refractivity contribution in [3.63, 3.8) is 0 Å². The molecule has 14 heavy (non-hydrogen) atoms. The smallest absolute Gasteiger partial charge is 0.192 e. The molecule has 4 heteroatoms. The Hall–Kier alpha value is -1.45. The van der Waals surface area contributed by atoms with E-state index in [2.05, 4.69) is 36.1 Å². The first kappa shape index (κ1) is 10.6. The summed E-state index contributed by atoms with van der Waals surface area (Å²) in [5, 5.41) is 3.19. The van der Waals surface area contributed by atoms with E-state index in [4.69, 9.17) is 0 Å². The lowest BCUT2D eigenvalue weighted by molar-refractivity contribution is 0.111. The fraction of sp³-hybridized carbons (Fsp3) is 0.500. The predicted octanol–water partition coefficient (Wildman–Crippen LogP) is 1.75. The Morgan fingerprint density at radius 1 is 1.36 bits per heavy atom. The average molecular weight is 193 g/mol. The molecule has 0 saturated heterocycles. The summed E-state index contributed by atoms with van der Waals surface area (Å²) in [6.07, 6.45) is 3.86. The molecule has 0 aliphatic rings. The molecule has 0 spiro atoms. The second kappa shape index (κ2) is 4.17. The fourth-order valence-electron chi connectivity index (χ4n) is 0.857. The number of hydrogen-bond donors (Lipinski definition) is 1. The van der Waals surface area contributed by atoms with Crippen LogP contribution >= 0.6 is 0 Å². The maximum Gasteiger partial charge on any atom is 0.192 e. The number of nitrogens with zero attached hydrogens (tertiary/aromatic N) is 2. The van der Waals surface area contributed by atoms with E-state index in [1.807, 2.05) is 0 Å². The number of nitrogens with one attached hydrogen (secondary N) is 1. The van der Waals surface area contributed by atoms with Crippen LogP contribution in [0.1, 0.15) is 31.4 Å². The second-order valence-electron chi connectivity index (χ2n) is 4.36. The molecule has 0 atom stereocenters. The molecule has 76 valence electrons. The molecule has 1 aromatic rings. The number of rotatable bonds is 3. The summed E-state index contributed by atoms with van der Waals surface area (Å²) in [4.78, 5) is 18.0. The van der Waals surface area contributed by atoms with Gasteiger partial charge in [-0.15, -0.1) is 0 Å². The first-order valence-corrected chi connectivity index (χ1v) is 4.52. The van der Waals surface area contributed by atoms with E-state index in [0.717, 1.165) is 12.2 Å². The zero-order chi connectivity index (χ0) is 10.6. The normalized spacial score (nSPS) is 11.1. The second-order valence-corrected chi connectivity index (χ2v) is 4.36. The largest absolute Gasteiger partial charge is 0.382 e. The average Bonchev–Trinajstić information content (AvgIpc) is 2.14. The van der Waals surface area contributed by atoms with Crippen LogP contribution < -0.4 is 5.32 Å². The molecule has 0 aromatic carbocycles. The van der Waals surface area contributed by atoms with Crippen molar-refractivity contribution in [2.24, 2.45) is 5.41 Å². The highest BCUT2D eigenvalue weighted by molar-refractivity contribution is 5.68. The quantitative estimate of drug-likeness (QED) is 0.743. The number of aldehydes is 1. The number of hydrogen-bond acceptors (Lipinski definition) is 4. The summed E-state index contributed by atoms with van der Waals surface area (Å²) in [5.41, 5.74) is 1.05. The van der Waals surface area contributed by atoms with Gasteiger partial charge in [0, 0.05) is 6.54 Å². The van der Waals surface area contributed by atoms with Crippen LogP contribution in [-0.2, 0) is 0 Å². The third-order valence-electron chi connectivity index (χ3n) is 1.60. The summed E-state index contributed by atoms with van der Waals surface area (Å²) in [6.45, 7) is 7.26. The summed E-state index contributed by atoms with van der Waals surface area (Å²) < 4.78 is 0. The molecule has 0 bridgehead atoms. The van der Waals surface area contributed by atoms with E-state index in [1.165, 1.54) is 0 Å². The zero-order valence-electron chi connectivity index (χ0n) is 8.74. The Labute approximate surface area is 83.8 Å². The minimum atomic E-state index is 0.212. The van der Waals surface area contributed by atoms with E-state index >= 15 is 0 Å². The Morgan fingerprint density at radius 2 is 1.93 bits per heavy atom. The SMILES string of the molecule is CC(C)(C)CNc1cnc(C=O)nc1. The van der Waals surface area contributed by atoms with Gasteiger partial charge in [-0.25, -0.2) is 9.97 Å². The Morgan fingerprint density at radius 3 is 2.36 bits per heavy atom. The predicted molar refractivity (Wildman–Crippen MR) is 55.4 cm³/mol. The van der Waals surface area contributed by atoms with Crippen LogP contribution in [0.2, 0.25) is 0 Å². The summed E-state index contributed by atoms with van der Waals surface area (Å²) in [6, 6.07) is 0. The molecule has 4 nitrogen and oxygen atoms in total. The molecule has 0 fully saturated rings. The first-order chi connectivity index (χ1) is 6.51. The van der Waals surface area contributed by atoms with Crippen molar-refractivity contribution in [1.29, 1.82) is 0 Å². The molecule has 0 aliphatic carbocycles. The molecule has 1 N–H and O–H groups in total. The summed E-state index contributed by atoms with van der Waals surface area (Å²) in [7, 11) is 0. The summed E-state index contributed by atoms with van der Waals surface area (Å²) >= 11 is 0. The molecular formula is C10H15N3O. The van der Waals surface area contributed by atoms with Crippen LogP contribution in [0.5, 0.6) is 0 Å². The molecule has 0 saturated carbocycles.